The lowest BCUT2D eigenvalue weighted by Gasteiger charge is -2.12. The number of aryl methyl sites for hydroxylation is 1. The van der Waals surface area contributed by atoms with Crippen LogP contribution in [0.4, 0.5) is 0 Å². The number of aromatic nitrogens is 1. The standard InChI is InChI=1S/C15H20N2O/c1-3-6-14(15(16)18)12(2)7-4-8-13-9-5-10-17-11-13/h3,5-6,9-12H,1,4,7-8H2,2H3,(H2,16,18)/b14-6+. The summed E-state index contributed by atoms with van der Waals surface area (Å²) >= 11 is 0. The van der Waals surface area contributed by atoms with Crippen molar-refractivity contribution in [3.8, 4) is 0 Å². The summed E-state index contributed by atoms with van der Waals surface area (Å²) in [5.74, 6) is -0.194. The predicted molar refractivity (Wildman–Crippen MR) is 73.8 cm³/mol. The molecule has 1 aromatic rings. The van der Waals surface area contributed by atoms with Gasteiger partial charge in [-0.25, -0.2) is 0 Å². The number of hydrogen-bond donors (Lipinski definition) is 1. The molecule has 96 valence electrons. The SMILES string of the molecule is C=C/C=C(/C(N)=O)C(C)CCCc1cccnc1. The van der Waals surface area contributed by atoms with E-state index in [1.807, 2.05) is 19.2 Å². The highest BCUT2D eigenvalue weighted by Gasteiger charge is 2.13. The molecule has 0 radical (unpaired) electrons. The van der Waals surface area contributed by atoms with Crippen LogP contribution in [-0.4, -0.2) is 10.9 Å². The predicted octanol–water partition coefficient (Wildman–Crippen LogP) is 2.64. The van der Waals surface area contributed by atoms with Crippen molar-refractivity contribution in [3.05, 3.63) is 54.4 Å². The summed E-state index contributed by atoms with van der Waals surface area (Å²) in [4.78, 5) is 15.3. The number of allylic oxidation sites excluding steroid dienone is 2. The monoisotopic (exact) mass is 244 g/mol. The van der Waals surface area contributed by atoms with Gasteiger partial charge < -0.3 is 5.73 Å². The van der Waals surface area contributed by atoms with Crippen molar-refractivity contribution in [1.82, 2.24) is 4.98 Å². The first-order valence-corrected chi connectivity index (χ1v) is 6.16. The number of hydrogen-bond acceptors (Lipinski definition) is 2. The molecule has 3 heteroatoms. The first-order chi connectivity index (χ1) is 8.65. The van der Waals surface area contributed by atoms with Gasteiger partial charge in [0.2, 0.25) is 5.91 Å². The molecule has 0 spiro atoms. The Morgan fingerprint density at radius 1 is 1.61 bits per heavy atom. The fourth-order valence-corrected chi connectivity index (χ4v) is 1.93. The van der Waals surface area contributed by atoms with Gasteiger partial charge in [-0.05, 0) is 36.8 Å². The first kappa shape index (κ1) is 14.2. The largest absolute Gasteiger partial charge is 0.366 e. The van der Waals surface area contributed by atoms with Crippen molar-refractivity contribution in [3.63, 3.8) is 0 Å². The Hall–Kier alpha value is -1.90. The van der Waals surface area contributed by atoms with Crippen LogP contribution in [0.15, 0.2) is 48.8 Å². The van der Waals surface area contributed by atoms with Gasteiger partial charge in [0.05, 0.1) is 0 Å². The molecule has 0 aliphatic rings. The third-order valence-corrected chi connectivity index (χ3v) is 2.94. The van der Waals surface area contributed by atoms with Gasteiger partial charge in [-0.3, -0.25) is 9.78 Å². The molecule has 0 aliphatic heterocycles. The molecule has 2 N–H and O–H groups in total. The van der Waals surface area contributed by atoms with Gasteiger partial charge in [0.25, 0.3) is 0 Å². The molecule has 0 saturated heterocycles. The van der Waals surface area contributed by atoms with Gasteiger partial charge in [0.15, 0.2) is 0 Å². The molecule has 1 unspecified atom stereocenters. The van der Waals surface area contributed by atoms with E-state index in [2.05, 4.69) is 17.6 Å². The third-order valence-electron chi connectivity index (χ3n) is 2.94. The summed E-state index contributed by atoms with van der Waals surface area (Å²) in [7, 11) is 0. The Morgan fingerprint density at radius 3 is 2.94 bits per heavy atom. The minimum Gasteiger partial charge on any atom is -0.366 e. The highest BCUT2D eigenvalue weighted by atomic mass is 16.1. The number of nitrogens with zero attached hydrogens (tertiary/aromatic N) is 1. The average molecular weight is 244 g/mol. The molecule has 18 heavy (non-hydrogen) atoms. The van der Waals surface area contributed by atoms with Crippen molar-refractivity contribution in [2.75, 3.05) is 0 Å². The molecule has 1 amide bonds. The van der Waals surface area contributed by atoms with E-state index in [4.69, 9.17) is 5.73 Å². The maximum absolute atomic E-state index is 11.3. The Morgan fingerprint density at radius 2 is 2.39 bits per heavy atom. The van der Waals surface area contributed by atoms with Gasteiger partial charge in [0.1, 0.15) is 0 Å². The van der Waals surface area contributed by atoms with Crippen LogP contribution in [0.3, 0.4) is 0 Å². The van der Waals surface area contributed by atoms with Crippen LogP contribution >= 0.6 is 0 Å². The van der Waals surface area contributed by atoms with Crippen molar-refractivity contribution in [1.29, 1.82) is 0 Å². The molecule has 0 saturated carbocycles. The van der Waals surface area contributed by atoms with E-state index in [1.165, 1.54) is 5.56 Å². The summed E-state index contributed by atoms with van der Waals surface area (Å²) < 4.78 is 0. The van der Waals surface area contributed by atoms with Gasteiger partial charge in [-0.15, -0.1) is 0 Å². The van der Waals surface area contributed by atoms with Gasteiger partial charge >= 0.3 is 0 Å². The highest BCUT2D eigenvalue weighted by Crippen LogP contribution is 2.18. The van der Waals surface area contributed by atoms with Crippen molar-refractivity contribution in [2.24, 2.45) is 11.7 Å². The highest BCUT2D eigenvalue weighted by molar-refractivity contribution is 5.92. The van der Waals surface area contributed by atoms with E-state index in [0.29, 0.717) is 5.57 Å². The quantitative estimate of drug-likeness (QED) is 0.592. The number of rotatable bonds is 7. The molecule has 1 heterocycles. The maximum Gasteiger partial charge on any atom is 0.244 e. The van der Waals surface area contributed by atoms with E-state index >= 15 is 0 Å². The molecule has 3 nitrogen and oxygen atoms in total. The smallest absolute Gasteiger partial charge is 0.244 e. The zero-order valence-corrected chi connectivity index (χ0v) is 10.8. The summed E-state index contributed by atoms with van der Waals surface area (Å²) in [6, 6.07) is 4.00. The lowest BCUT2D eigenvalue weighted by Crippen LogP contribution is -2.19. The summed E-state index contributed by atoms with van der Waals surface area (Å²) in [6.07, 6.45) is 9.86. The minimum atomic E-state index is -0.358. The molecule has 0 aliphatic carbocycles. The van der Waals surface area contributed by atoms with E-state index in [1.54, 1.807) is 18.3 Å². The lowest BCUT2D eigenvalue weighted by atomic mass is 9.93. The zero-order valence-electron chi connectivity index (χ0n) is 10.8. The van der Waals surface area contributed by atoms with Crippen LogP contribution in [-0.2, 0) is 11.2 Å². The Kier molecular flexibility index (Phi) is 5.85. The first-order valence-electron chi connectivity index (χ1n) is 6.16. The molecule has 0 aromatic carbocycles. The Balaban J connectivity index is 2.45. The summed E-state index contributed by atoms with van der Waals surface area (Å²) in [5.41, 5.74) is 7.21. The van der Waals surface area contributed by atoms with E-state index < -0.39 is 0 Å². The molecule has 0 bridgehead atoms. The topological polar surface area (TPSA) is 56.0 Å². The van der Waals surface area contributed by atoms with Crippen LogP contribution in [0, 0.1) is 5.92 Å². The van der Waals surface area contributed by atoms with E-state index in [0.717, 1.165) is 19.3 Å². The second-order valence-electron chi connectivity index (χ2n) is 4.38. The van der Waals surface area contributed by atoms with Crippen LogP contribution in [0.2, 0.25) is 0 Å². The van der Waals surface area contributed by atoms with Crippen molar-refractivity contribution >= 4 is 5.91 Å². The number of amides is 1. The van der Waals surface area contributed by atoms with Gasteiger partial charge in [0, 0.05) is 18.0 Å². The molecular weight excluding hydrogens is 224 g/mol. The van der Waals surface area contributed by atoms with E-state index in [9.17, 15) is 4.79 Å². The van der Waals surface area contributed by atoms with Gasteiger partial charge in [-0.1, -0.05) is 31.7 Å². The maximum atomic E-state index is 11.3. The fraction of sp³-hybridized carbons (Fsp3) is 0.333. The molecule has 1 atom stereocenters. The van der Waals surface area contributed by atoms with Crippen LogP contribution in [0.5, 0.6) is 0 Å². The van der Waals surface area contributed by atoms with Gasteiger partial charge in [-0.2, -0.15) is 0 Å². The summed E-state index contributed by atoms with van der Waals surface area (Å²) in [6.45, 7) is 5.62. The number of pyridine rings is 1. The molecular formula is C15H20N2O. The Labute approximate surface area is 108 Å². The fourth-order valence-electron chi connectivity index (χ4n) is 1.93. The molecule has 1 aromatic heterocycles. The second-order valence-corrected chi connectivity index (χ2v) is 4.38. The zero-order chi connectivity index (χ0) is 13.4. The Bertz CT molecular complexity index is 423. The van der Waals surface area contributed by atoms with Crippen molar-refractivity contribution in [2.45, 2.75) is 26.2 Å². The lowest BCUT2D eigenvalue weighted by molar-refractivity contribution is -0.115. The van der Waals surface area contributed by atoms with Crippen LogP contribution in [0.25, 0.3) is 0 Å². The third kappa shape index (κ3) is 4.53. The average Bonchev–Trinajstić information content (AvgIpc) is 2.36. The minimum absolute atomic E-state index is 0.164. The van der Waals surface area contributed by atoms with E-state index in [-0.39, 0.29) is 11.8 Å². The number of primary amides is 1. The normalized spacial score (nSPS) is 13.1. The molecule has 0 fully saturated rings. The molecule has 1 rings (SSSR count). The number of carbonyl (C=O) groups is 1. The van der Waals surface area contributed by atoms with Crippen LogP contribution < -0.4 is 5.73 Å². The second kappa shape index (κ2) is 7.43. The number of nitrogens with two attached hydrogens (primary N) is 1. The summed E-state index contributed by atoms with van der Waals surface area (Å²) in [5, 5.41) is 0. The van der Waals surface area contributed by atoms with Crippen LogP contribution in [0.1, 0.15) is 25.3 Å². The van der Waals surface area contributed by atoms with Crippen molar-refractivity contribution < 1.29 is 4.79 Å². The number of carbonyl (C=O) groups excluding carboxylic acids is 1.